The second-order valence-electron chi connectivity index (χ2n) is 4.20. The van der Waals surface area contributed by atoms with Gasteiger partial charge in [0, 0.05) is 10.2 Å². The van der Waals surface area contributed by atoms with Gasteiger partial charge >= 0.3 is 0 Å². The molecule has 0 bridgehead atoms. The van der Waals surface area contributed by atoms with Crippen LogP contribution in [-0.4, -0.2) is 10.3 Å². The topological polar surface area (TPSA) is 12.9 Å². The lowest BCUT2D eigenvalue weighted by molar-refractivity contribution is 0.284. The largest absolute Gasteiger partial charge is 0.250 e. The Bertz CT molecular complexity index is 283. The molecular formula is C12H20BrNS. The predicted molar refractivity (Wildman–Crippen MR) is 72.0 cm³/mol. The van der Waals surface area contributed by atoms with Crippen LogP contribution in [0.5, 0.6) is 0 Å². The van der Waals surface area contributed by atoms with Gasteiger partial charge in [0.1, 0.15) is 0 Å². The quantitative estimate of drug-likeness (QED) is 0.698. The maximum Gasteiger partial charge on any atom is 0.0797 e. The summed E-state index contributed by atoms with van der Waals surface area (Å²) in [5, 5.41) is 1.12. The molecule has 0 amide bonds. The van der Waals surface area contributed by atoms with Crippen molar-refractivity contribution in [1.29, 1.82) is 0 Å². The second-order valence-corrected chi connectivity index (χ2v) is 5.70. The smallest absolute Gasteiger partial charge is 0.0797 e. The molecule has 0 aliphatic rings. The molecule has 3 heteroatoms. The fourth-order valence-corrected chi connectivity index (χ4v) is 3.66. The summed E-state index contributed by atoms with van der Waals surface area (Å²) in [6.45, 7) is 6.70. The molecule has 0 fully saturated rings. The average Bonchev–Trinajstić information content (AvgIpc) is 2.67. The van der Waals surface area contributed by atoms with Crippen LogP contribution in [0.1, 0.15) is 43.7 Å². The number of aryl methyl sites for hydroxylation is 2. The van der Waals surface area contributed by atoms with E-state index < -0.39 is 0 Å². The molecule has 0 saturated carbocycles. The standard InChI is InChI=1S/C12H20BrNS/c1-4-12(5-2,8-13)7-6-11-10(3)14-9-15-11/h9H,4-8H2,1-3H3. The molecule has 1 aromatic heterocycles. The Morgan fingerprint density at radius 2 is 2.07 bits per heavy atom. The summed E-state index contributed by atoms with van der Waals surface area (Å²) in [4.78, 5) is 5.76. The fourth-order valence-electron chi connectivity index (χ4n) is 1.80. The first-order valence-corrected chi connectivity index (χ1v) is 7.62. The van der Waals surface area contributed by atoms with Crippen molar-refractivity contribution in [1.82, 2.24) is 4.98 Å². The molecule has 0 N–H and O–H groups in total. The number of hydrogen-bond donors (Lipinski definition) is 0. The van der Waals surface area contributed by atoms with Crippen molar-refractivity contribution in [3.05, 3.63) is 16.1 Å². The minimum absolute atomic E-state index is 0.483. The third kappa shape index (κ3) is 3.28. The summed E-state index contributed by atoms with van der Waals surface area (Å²) in [7, 11) is 0. The maximum atomic E-state index is 4.30. The van der Waals surface area contributed by atoms with Gasteiger partial charge in [-0.3, -0.25) is 0 Å². The van der Waals surface area contributed by atoms with E-state index in [0.717, 1.165) is 5.33 Å². The van der Waals surface area contributed by atoms with Crippen molar-refractivity contribution in [2.75, 3.05) is 5.33 Å². The average molecular weight is 290 g/mol. The monoisotopic (exact) mass is 289 g/mol. The summed E-state index contributed by atoms with van der Waals surface area (Å²) < 4.78 is 0. The van der Waals surface area contributed by atoms with E-state index >= 15 is 0 Å². The zero-order valence-electron chi connectivity index (χ0n) is 9.85. The molecular weight excluding hydrogens is 270 g/mol. The summed E-state index contributed by atoms with van der Waals surface area (Å²) in [6, 6.07) is 0. The van der Waals surface area contributed by atoms with Gasteiger partial charge in [-0.05, 0) is 38.0 Å². The van der Waals surface area contributed by atoms with Crippen molar-refractivity contribution in [3.8, 4) is 0 Å². The summed E-state index contributed by atoms with van der Waals surface area (Å²) in [6.07, 6.45) is 4.97. The van der Waals surface area contributed by atoms with Gasteiger partial charge in [0.15, 0.2) is 0 Å². The first-order valence-electron chi connectivity index (χ1n) is 5.62. The highest BCUT2D eigenvalue weighted by atomic mass is 79.9. The van der Waals surface area contributed by atoms with E-state index in [1.54, 1.807) is 11.3 Å². The number of halogens is 1. The van der Waals surface area contributed by atoms with Crippen LogP contribution < -0.4 is 0 Å². The van der Waals surface area contributed by atoms with Crippen molar-refractivity contribution >= 4 is 27.3 Å². The van der Waals surface area contributed by atoms with Gasteiger partial charge in [-0.1, -0.05) is 29.8 Å². The molecule has 1 rings (SSSR count). The number of alkyl halides is 1. The molecule has 0 aromatic carbocycles. The molecule has 0 radical (unpaired) electrons. The number of hydrogen-bond acceptors (Lipinski definition) is 2. The van der Waals surface area contributed by atoms with Crippen LogP contribution in [0.3, 0.4) is 0 Å². The molecule has 0 aliphatic heterocycles. The van der Waals surface area contributed by atoms with Gasteiger partial charge < -0.3 is 0 Å². The zero-order valence-corrected chi connectivity index (χ0v) is 12.2. The summed E-state index contributed by atoms with van der Waals surface area (Å²) in [5.41, 5.74) is 3.66. The van der Waals surface area contributed by atoms with E-state index in [1.807, 2.05) is 5.51 Å². The molecule has 1 aromatic rings. The van der Waals surface area contributed by atoms with E-state index in [9.17, 15) is 0 Å². The van der Waals surface area contributed by atoms with Crippen LogP contribution in [0.4, 0.5) is 0 Å². The van der Waals surface area contributed by atoms with Gasteiger partial charge in [-0.15, -0.1) is 11.3 Å². The molecule has 1 nitrogen and oxygen atoms in total. The fraction of sp³-hybridized carbons (Fsp3) is 0.750. The summed E-state index contributed by atoms with van der Waals surface area (Å²) >= 11 is 5.46. The lowest BCUT2D eigenvalue weighted by Gasteiger charge is -2.29. The highest BCUT2D eigenvalue weighted by Crippen LogP contribution is 2.34. The van der Waals surface area contributed by atoms with E-state index in [1.165, 1.54) is 36.3 Å². The Hall–Kier alpha value is 0.110. The maximum absolute atomic E-state index is 4.30. The molecule has 0 atom stereocenters. The highest BCUT2D eigenvalue weighted by molar-refractivity contribution is 9.09. The molecule has 0 spiro atoms. The molecule has 15 heavy (non-hydrogen) atoms. The number of thiazole rings is 1. The van der Waals surface area contributed by atoms with Gasteiger partial charge in [0.2, 0.25) is 0 Å². The van der Waals surface area contributed by atoms with Crippen LogP contribution in [-0.2, 0) is 6.42 Å². The van der Waals surface area contributed by atoms with Gasteiger partial charge in [-0.2, -0.15) is 0 Å². The molecule has 0 saturated heterocycles. The van der Waals surface area contributed by atoms with Gasteiger partial charge in [0.25, 0.3) is 0 Å². The molecule has 86 valence electrons. The third-order valence-corrected chi connectivity index (χ3v) is 5.70. The first-order chi connectivity index (χ1) is 7.17. The normalized spacial score (nSPS) is 12.0. The van der Waals surface area contributed by atoms with Crippen molar-refractivity contribution < 1.29 is 0 Å². The summed E-state index contributed by atoms with van der Waals surface area (Å²) in [5.74, 6) is 0. The Morgan fingerprint density at radius 1 is 1.40 bits per heavy atom. The number of nitrogens with zero attached hydrogens (tertiary/aromatic N) is 1. The lowest BCUT2D eigenvalue weighted by Crippen LogP contribution is -2.21. The highest BCUT2D eigenvalue weighted by Gasteiger charge is 2.24. The van der Waals surface area contributed by atoms with Crippen molar-refractivity contribution in [2.24, 2.45) is 5.41 Å². The van der Waals surface area contributed by atoms with E-state index in [-0.39, 0.29) is 0 Å². The van der Waals surface area contributed by atoms with Crippen LogP contribution in [0.25, 0.3) is 0 Å². The third-order valence-electron chi connectivity index (χ3n) is 3.51. The van der Waals surface area contributed by atoms with Crippen molar-refractivity contribution in [3.63, 3.8) is 0 Å². The van der Waals surface area contributed by atoms with Crippen LogP contribution in [0, 0.1) is 12.3 Å². The SMILES string of the molecule is CCC(CC)(CBr)CCc1scnc1C. The van der Waals surface area contributed by atoms with Gasteiger partial charge in [0.05, 0.1) is 11.2 Å². The Kier molecular flexibility index (Phi) is 5.27. The van der Waals surface area contributed by atoms with Crippen molar-refractivity contribution in [2.45, 2.75) is 46.5 Å². The van der Waals surface area contributed by atoms with Crippen LogP contribution >= 0.6 is 27.3 Å². The zero-order chi connectivity index (χ0) is 11.3. The number of aromatic nitrogens is 1. The lowest BCUT2D eigenvalue weighted by atomic mass is 9.80. The first kappa shape index (κ1) is 13.2. The Morgan fingerprint density at radius 3 is 2.47 bits per heavy atom. The predicted octanol–water partition coefficient (Wildman–Crippen LogP) is 4.59. The molecule has 0 aliphatic carbocycles. The minimum atomic E-state index is 0.483. The van der Waals surface area contributed by atoms with Gasteiger partial charge in [-0.25, -0.2) is 4.98 Å². The Balaban J connectivity index is 2.58. The van der Waals surface area contributed by atoms with Crippen LogP contribution in [0.15, 0.2) is 5.51 Å². The van der Waals surface area contributed by atoms with E-state index in [4.69, 9.17) is 0 Å². The Labute approximate surface area is 105 Å². The second kappa shape index (κ2) is 6.00. The molecule has 1 heterocycles. The van der Waals surface area contributed by atoms with E-state index in [2.05, 4.69) is 41.7 Å². The van der Waals surface area contributed by atoms with E-state index in [0.29, 0.717) is 5.41 Å². The van der Waals surface area contributed by atoms with Crippen LogP contribution in [0.2, 0.25) is 0 Å². The molecule has 0 unspecified atom stereocenters. The minimum Gasteiger partial charge on any atom is -0.250 e. The number of rotatable bonds is 6.